The van der Waals surface area contributed by atoms with Gasteiger partial charge in [-0.25, -0.2) is 0 Å². The maximum absolute atomic E-state index is 12.2. The van der Waals surface area contributed by atoms with Crippen molar-refractivity contribution in [3.8, 4) is 0 Å². The maximum Gasteiger partial charge on any atom is 0.265 e. The lowest BCUT2D eigenvalue weighted by molar-refractivity contribution is 0.103. The molecule has 1 aromatic heterocycles. The lowest BCUT2D eigenvalue weighted by atomic mass is 10.2. The molecule has 0 spiro atoms. The van der Waals surface area contributed by atoms with Crippen molar-refractivity contribution in [1.29, 1.82) is 0 Å². The number of rotatable bonds is 4. The zero-order valence-electron chi connectivity index (χ0n) is 11.7. The molecule has 0 saturated heterocycles. The number of aryl methyl sites for hydroxylation is 1. The van der Waals surface area contributed by atoms with Crippen molar-refractivity contribution in [1.82, 2.24) is 4.90 Å². The number of benzene rings is 1. The Morgan fingerprint density at radius 1 is 1.35 bits per heavy atom. The second-order valence-electron chi connectivity index (χ2n) is 4.96. The topological polar surface area (TPSA) is 32.3 Å². The molecule has 0 bridgehead atoms. The van der Waals surface area contributed by atoms with E-state index in [2.05, 4.69) is 32.2 Å². The average molecular weight is 353 g/mol. The van der Waals surface area contributed by atoms with Gasteiger partial charge in [0.25, 0.3) is 5.91 Å². The van der Waals surface area contributed by atoms with Gasteiger partial charge in [0.2, 0.25) is 0 Å². The van der Waals surface area contributed by atoms with Crippen LogP contribution in [0.2, 0.25) is 0 Å². The summed E-state index contributed by atoms with van der Waals surface area (Å²) in [5.41, 5.74) is 3.09. The number of halogens is 1. The molecule has 2 rings (SSSR count). The van der Waals surface area contributed by atoms with Crippen LogP contribution in [-0.4, -0.2) is 24.9 Å². The van der Waals surface area contributed by atoms with Gasteiger partial charge in [0.15, 0.2) is 0 Å². The smallest absolute Gasteiger partial charge is 0.265 e. The maximum atomic E-state index is 12.2. The number of hydrogen-bond acceptors (Lipinski definition) is 3. The summed E-state index contributed by atoms with van der Waals surface area (Å²) < 4.78 is 1.00. The fraction of sp³-hybridized carbons (Fsp3) is 0.267. The largest absolute Gasteiger partial charge is 0.321 e. The second-order valence-corrected chi connectivity index (χ2v) is 7.33. The van der Waals surface area contributed by atoms with Gasteiger partial charge in [-0.2, -0.15) is 0 Å². The molecule has 0 radical (unpaired) electrons. The van der Waals surface area contributed by atoms with Crippen molar-refractivity contribution in [2.75, 3.05) is 19.4 Å². The summed E-state index contributed by atoms with van der Waals surface area (Å²) in [5.74, 6) is -0.0641. The molecule has 1 N–H and O–H groups in total. The van der Waals surface area contributed by atoms with E-state index in [0.717, 1.165) is 21.6 Å². The van der Waals surface area contributed by atoms with Crippen molar-refractivity contribution < 1.29 is 4.79 Å². The van der Waals surface area contributed by atoms with E-state index >= 15 is 0 Å². The van der Waals surface area contributed by atoms with Gasteiger partial charge in [0, 0.05) is 12.2 Å². The van der Waals surface area contributed by atoms with Crippen LogP contribution in [0, 0.1) is 6.92 Å². The first-order chi connectivity index (χ1) is 9.45. The Hall–Kier alpha value is -1.17. The number of anilines is 1. The number of hydrogen-bond donors (Lipinski definition) is 1. The highest BCUT2D eigenvalue weighted by Crippen LogP contribution is 2.28. The van der Waals surface area contributed by atoms with E-state index in [1.807, 2.05) is 45.3 Å². The highest BCUT2D eigenvalue weighted by Gasteiger charge is 2.11. The first kappa shape index (κ1) is 15.2. The van der Waals surface area contributed by atoms with Crippen LogP contribution in [0.3, 0.4) is 0 Å². The average Bonchev–Trinajstić information content (AvgIpc) is 2.69. The zero-order chi connectivity index (χ0) is 14.7. The van der Waals surface area contributed by atoms with Crippen LogP contribution >= 0.6 is 27.3 Å². The molecule has 0 fully saturated rings. The first-order valence-electron chi connectivity index (χ1n) is 6.26. The minimum atomic E-state index is -0.0641. The predicted molar refractivity (Wildman–Crippen MR) is 88.5 cm³/mol. The SMILES string of the molecule is Cc1cc(C(=O)Nc2cccc(CN(C)C)c2)sc1Br. The molecule has 106 valence electrons. The highest BCUT2D eigenvalue weighted by molar-refractivity contribution is 9.11. The second kappa shape index (κ2) is 6.52. The lowest BCUT2D eigenvalue weighted by Gasteiger charge is -2.11. The van der Waals surface area contributed by atoms with Crippen molar-refractivity contribution in [3.63, 3.8) is 0 Å². The van der Waals surface area contributed by atoms with E-state index in [4.69, 9.17) is 0 Å². The molecule has 0 saturated carbocycles. The Bertz CT molecular complexity index is 603. The fourth-order valence-corrected chi connectivity index (χ4v) is 3.31. The minimum absolute atomic E-state index is 0.0641. The molecule has 20 heavy (non-hydrogen) atoms. The molecule has 0 unspecified atom stereocenters. The van der Waals surface area contributed by atoms with Gasteiger partial charge in [-0.3, -0.25) is 4.79 Å². The van der Waals surface area contributed by atoms with Gasteiger partial charge in [0.05, 0.1) is 8.66 Å². The third kappa shape index (κ3) is 3.91. The first-order valence-corrected chi connectivity index (χ1v) is 7.87. The highest BCUT2D eigenvalue weighted by atomic mass is 79.9. The van der Waals surface area contributed by atoms with E-state index in [0.29, 0.717) is 4.88 Å². The molecule has 5 heteroatoms. The summed E-state index contributed by atoms with van der Waals surface area (Å²) >= 11 is 4.89. The molecule has 0 atom stereocenters. The Labute approximate surface area is 131 Å². The van der Waals surface area contributed by atoms with Crippen molar-refractivity contribution in [2.45, 2.75) is 13.5 Å². The quantitative estimate of drug-likeness (QED) is 0.896. The van der Waals surface area contributed by atoms with Gasteiger partial charge < -0.3 is 10.2 Å². The van der Waals surface area contributed by atoms with Crippen LogP contribution in [0.25, 0.3) is 0 Å². The zero-order valence-corrected chi connectivity index (χ0v) is 14.1. The molecule has 1 heterocycles. The normalized spacial score (nSPS) is 10.8. The van der Waals surface area contributed by atoms with Gasteiger partial charge in [-0.15, -0.1) is 11.3 Å². The number of nitrogens with zero attached hydrogens (tertiary/aromatic N) is 1. The van der Waals surface area contributed by atoms with E-state index in [1.165, 1.54) is 16.9 Å². The van der Waals surface area contributed by atoms with Crippen LogP contribution in [0.5, 0.6) is 0 Å². The molecular formula is C15H17BrN2OS. The summed E-state index contributed by atoms with van der Waals surface area (Å²) in [4.78, 5) is 15.0. The molecule has 3 nitrogen and oxygen atoms in total. The molecule has 0 aliphatic rings. The minimum Gasteiger partial charge on any atom is -0.321 e. The third-order valence-corrected chi connectivity index (χ3v) is 4.90. The van der Waals surface area contributed by atoms with Crippen LogP contribution in [0.4, 0.5) is 5.69 Å². The number of amides is 1. The predicted octanol–water partition coefficient (Wildman–Crippen LogP) is 4.13. The summed E-state index contributed by atoms with van der Waals surface area (Å²) in [6.45, 7) is 2.84. The molecule has 0 aliphatic heterocycles. The summed E-state index contributed by atoms with van der Waals surface area (Å²) in [6.07, 6.45) is 0. The standard InChI is InChI=1S/C15H17BrN2OS/c1-10-7-13(20-14(10)16)15(19)17-12-6-4-5-11(8-12)9-18(2)3/h4-8H,9H2,1-3H3,(H,17,19). The van der Waals surface area contributed by atoms with Gasteiger partial charge in [-0.05, 0) is 66.3 Å². The molecule has 1 aromatic carbocycles. The van der Waals surface area contributed by atoms with Crippen LogP contribution in [0.15, 0.2) is 34.1 Å². The third-order valence-electron chi connectivity index (χ3n) is 2.76. The van der Waals surface area contributed by atoms with Crippen LogP contribution < -0.4 is 5.32 Å². The van der Waals surface area contributed by atoms with Crippen LogP contribution in [0.1, 0.15) is 20.8 Å². The van der Waals surface area contributed by atoms with Gasteiger partial charge >= 0.3 is 0 Å². The van der Waals surface area contributed by atoms with Gasteiger partial charge in [0.1, 0.15) is 0 Å². The van der Waals surface area contributed by atoms with Crippen molar-refractivity contribution >= 4 is 38.9 Å². The number of nitrogens with one attached hydrogen (secondary N) is 1. The summed E-state index contributed by atoms with van der Waals surface area (Å²) in [6, 6.07) is 9.83. The van der Waals surface area contributed by atoms with Crippen molar-refractivity contribution in [3.05, 3.63) is 50.1 Å². The number of carbonyl (C=O) groups excluding carboxylic acids is 1. The van der Waals surface area contributed by atoms with E-state index in [-0.39, 0.29) is 5.91 Å². The van der Waals surface area contributed by atoms with E-state index in [1.54, 1.807) is 0 Å². The fourth-order valence-electron chi connectivity index (χ4n) is 1.88. The molecular weight excluding hydrogens is 336 g/mol. The molecule has 1 amide bonds. The summed E-state index contributed by atoms with van der Waals surface area (Å²) in [5, 5.41) is 2.94. The van der Waals surface area contributed by atoms with Crippen LogP contribution in [-0.2, 0) is 6.54 Å². The lowest BCUT2D eigenvalue weighted by Crippen LogP contribution is -2.12. The van der Waals surface area contributed by atoms with Gasteiger partial charge in [-0.1, -0.05) is 12.1 Å². The Morgan fingerprint density at radius 2 is 2.10 bits per heavy atom. The monoisotopic (exact) mass is 352 g/mol. The number of thiophene rings is 1. The Morgan fingerprint density at radius 3 is 2.70 bits per heavy atom. The number of carbonyl (C=O) groups is 1. The van der Waals surface area contributed by atoms with Crippen molar-refractivity contribution in [2.24, 2.45) is 0 Å². The Balaban J connectivity index is 2.11. The molecule has 2 aromatic rings. The van der Waals surface area contributed by atoms with E-state index in [9.17, 15) is 4.79 Å². The Kier molecular flexibility index (Phi) is 4.96. The summed E-state index contributed by atoms with van der Waals surface area (Å²) in [7, 11) is 4.05. The molecule has 0 aliphatic carbocycles. The van der Waals surface area contributed by atoms with E-state index < -0.39 is 0 Å².